The molecule has 0 radical (unpaired) electrons. The number of hydrogen-bond donors (Lipinski definition) is 2. The normalized spacial score (nSPS) is 15.2. The summed E-state index contributed by atoms with van der Waals surface area (Å²) >= 11 is 0. The zero-order valence-electron chi connectivity index (χ0n) is 23.0. The van der Waals surface area contributed by atoms with E-state index in [2.05, 4.69) is 15.6 Å². The third-order valence-electron chi connectivity index (χ3n) is 6.62. The summed E-state index contributed by atoms with van der Waals surface area (Å²) in [7, 11) is -2.50. The van der Waals surface area contributed by atoms with E-state index in [0.717, 1.165) is 0 Å². The summed E-state index contributed by atoms with van der Waals surface area (Å²) in [6, 6.07) is 10.4. The number of sulfone groups is 1. The minimum absolute atomic E-state index is 0.164. The molecule has 2 N–H and O–H groups in total. The highest BCUT2D eigenvalue weighted by molar-refractivity contribution is 7.90. The smallest absolute Gasteiger partial charge is 0.318 e. The SMILES string of the molecule is CCC[C@H](NC(=O)[C@H](CS(=O)(=O)Cc1ccccc1OC)NC(=O)N1CCOCC1)C(=O)c1nc2ccccc2o1. The molecule has 3 aromatic rings. The molecule has 0 spiro atoms. The van der Waals surface area contributed by atoms with Crippen LogP contribution in [0.3, 0.4) is 0 Å². The number of amides is 3. The van der Waals surface area contributed by atoms with Gasteiger partial charge in [0.2, 0.25) is 11.7 Å². The van der Waals surface area contributed by atoms with Crippen molar-refractivity contribution in [1.82, 2.24) is 20.5 Å². The van der Waals surface area contributed by atoms with Crippen LogP contribution in [0.15, 0.2) is 52.9 Å². The summed E-state index contributed by atoms with van der Waals surface area (Å²) in [6.45, 7) is 3.08. The number of ether oxygens (including phenoxy) is 2. The first-order valence-electron chi connectivity index (χ1n) is 13.4. The summed E-state index contributed by atoms with van der Waals surface area (Å²) < 4.78 is 42.7. The van der Waals surface area contributed by atoms with E-state index in [0.29, 0.717) is 55.1 Å². The second-order valence-electron chi connectivity index (χ2n) is 9.67. The number of hydrogen-bond acceptors (Lipinski definition) is 9. The molecule has 0 unspecified atom stereocenters. The molecule has 4 rings (SSSR count). The standard InChI is InChI=1S/C28H34N4O8S/c1-3-8-21(25(33)27-30-20-10-5-7-12-24(20)40-27)29-26(34)22(31-28(35)32-13-15-39-16-14-32)18-41(36,37)17-19-9-4-6-11-23(19)38-2/h4-7,9-12,21-22H,3,8,13-18H2,1-2H3,(H,29,34)(H,31,35)/t21-,22-/m0/s1. The third kappa shape index (κ3) is 7.82. The van der Waals surface area contributed by atoms with E-state index in [1.165, 1.54) is 12.0 Å². The van der Waals surface area contributed by atoms with Gasteiger partial charge in [-0.2, -0.15) is 0 Å². The van der Waals surface area contributed by atoms with Gasteiger partial charge in [-0.3, -0.25) is 9.59 Å². The van der Waals surface area contributed by atoms with Gasteiger partial charge < -0.3 is 29.4 Å². The first-order chi connectivity index (χ1) is 19.7. The molecule has 0 aliphatic carbocycles. The molecular weight excluding hydrogens is 552 g/mol. The van der Waals surface area contributed by atoms with Crippen LogP contribution in [0.2, 0.25) is 0 Å². The minimum Gasteiger partial charge on any atom is -0.496 e. The number of ketones is 1. The average molecular weight is 587 g/mol. The van der Waals surface area contributed by atoms with Crippen molar-refractivity contribution in [3.63, 3.8) is 0 Å². The molecule has 1 saturated heterocycles. The van der Waals surface area contributed by atoms with Crippen LogP contribution in [0.1, 0.15) is 36.0 Å². The fraction of sp³-hybridized carbons (Fsp3) is 0.429. The van der Waals surface area contributed by atoms with Crippen molar-refractivity contribution in [3.8, 4) is 5.75 Å². The predicted molar refractivity (Wildman–Crippen MR) is 150 cm³/mol. The minimum atomic E-state index is -3.94. The van der Waals surface area contributed by atoms with Crippen LogP contribution in [-0.4, -0.2) is 87.3 Å². The Morgan fingerprint density at radius 3 is 2.44 bits per heavy atom. The van der Waals surface area contributed by atoms with Crippen LogP contribution in [0.4, 0.5) is 4.79 Å². The third-order valence-corrected chi connectivity index (χ3v) is 8.21. The van der Waals surface area contributed by atoms with Gasteiger partial charge in [-0.15, -0.1) is 0 Å². The van der Waals surface area contributed by atoms with Crippen LogP contribution in [0.5, 0.6) is 5.75 Å². The maximum absolute atomic E-state index is 13.5. The number of nitrogens with one attached hydrogen (secondary N) is 2. The number of aromatic nitrogens is 1. The van der Waals surface area contributed by atoms with Crippen molar-refractivity contribution in [3.05, 3.63) is 60.0 Å². The zero-order chi connectivity index (χ0) is 29.4. The van der Waals surface area contributed by atoms with Crippen LogP contribution >= 0.6 is 0 Å². The largest absolute Gasteiger partial charge is 0.496 e. The van der Waals surface area contributed by atoms with Crippen molar-refractivity contribution in [2.75, 3.05) is 39.2 Å². The summed E-state index contributed by atoms with van der Waals surface area (Å²) in [6.07, 6.45) is 0.787. The van der Waals surface area contributed by atoms with Gasteiger partial charge >= 0.3 is 6.03 Å². The Morgan fingerprint density at radius 2 is 1.73 bits per heavy atom. The number of fused-ring (bicyclic) bond motifs is 1. The van der Waals surface area contributed by atoms with Gasteiger partial charge in [-0.05, 0) is 24.6 Å². The van der Waals surface area contributed by atoms with Crippen molar-refractivity contribution >= 4 is 38.7 Å². The van der Waals surface area contributed by atoms with Crippen LogP contribution in [0, 0.1) is 0 Å². The molecular formula is C28H34N4O8S. The Bertz CT molecular complexity index is 1450. The Hall–Kier alpha value is -3.97. The molecule has 13 heteroatoms. The topological polar surface area (TPSA) is 157 Å². The van der Waals surface area contributed by atoms with Crippen molar-refractivity contribution in [2.24, 2.45) is 0 Å². The van der Waals surface area contributed by atoms with Gasteiger partial charge in [-0.25, -0.2) is 18.2 Å². The maximum Gasteiger partial charge on any atom is 0.318 e. The molecule has 0 saturated carbocycles. The number of oxazole rings is 1. The highest BCUT2D eigenvalue weighted by Gasteiger charge is 2.33. The lowest BCUT2D eigenvalue weighted by atomic mass is 10.1. The lowest BCUT2D eigenvalue weighted by Crippen LogP contribution is -2.57. The van der Waals surface area contributed by atoms with Gasteiger partial charge in [0.05, 0.1) is 37.9 Å². The number of morpholine rings is 1. The highest BCUT2D eigenvalue weighted by Crippen LogP contribution is 2.21. The molecule has 1 aliphatic rings. The number of carbonyl (C=O) groups excluding carboxylic acids is 3. The zero-order valence-corrected chi connectivity index (χ0v) is 23.8. The Morgan fingerprint density at radius 1 is 1.02 bits per heavy atom. The van der Waals surface area contributed by atoms with E-state index >= 15 is 0 Å². The molecule has 0 bridgehead atoms. The number of methoxy groups -OCH3 is 1. The van der Waals surface area contributed by atoms with Crippen molar-refractivity contribution < 1.29 is 36.7 Å². The van der Waals surface area contributed by atoms with Crippen molar-refractivity contribution in [2.45, 2.75) is 37.6 Å². The fourth-order valence-corrected chi connectivity index (χ4v) is 6.09. The Balaban J connectivity index is 1.55. The molecule has 220 valence electrons. The van der Waals surface area contributed by atoms with Gasteiger partial charge in [0.25, 0.3) is 5.89 Å². The van der Waals surface area contributed by atoms with E-state index < -0.39 is 51.1 Å². The molecule has 2 aromatic carbocycles. The molecule has 2 atom stereocenters. The number of para-hydroxylation sites is 3. The number of Topliss-reactive ketones (excluding diaryl/α,β-unsaturated/α-hetero) is 1. The second kappa shape index (κ2) is 13.6. The predicted octanol–water partition coefficient (Wildman–Crippen LogP) is 2.33. The van der Waals surface area contributed by atoms with E-state index in [1.54, 1.807) is 48.5 Å². The Labute approximate surface area is 238 Å². The monoisotopic (exact) mass is 586 g/mol. The summed E-state index contributed by atoms with van der Waals surface area (Å²) in [5, 5.41) is 5.21. The maximum atomic E-state index is 13.5. The molecule has 1 aromatic heterocycles. The van der Waals surface area contributed by atoms with Crippen LogP contribution < -0.4 is 15.4 Å². The lowest BCUT2D eigenvalue weighted by molar-refractivity contribution is -0.123. The molecule has 41 heavy (non-hydrogen) atoms. The fourth-order valence-electron chi connectivity index (χ4n) is 4.52. The number of carbonyl (C=O) groups is 3. The molecule has 12 nitrogen and oxygen atoms in total. The highest BCUT2D eigenvalue weighted by atomic mass is 32.2. The molecule has 2 heterocycles. The van der Waals surface area contributed by atoms with Crippen LogP contribution in [0.25, 0.3) is 11.1 Å². The van der Waals surface area contributed by atoms with Gasteiger partial charge in [-0.1, -0.05) is 43.7 Å². The lowest BCUT2D eigenvalue weighted by Gasteiger charge is -2.29. The average Bonchev–Trinajstić information content (AvgIpc) is 3.41. The first-order valence-corrected chi connectivity index (χ1v) is 15.2. The summed E-state index contributed by atoms with van der Waals surface area (Å²) in [5.74, 6) is -2.23. The second-order valence-corrected chi connectivity index (χ2v) is 11.8. The number of urea groups is 1. The number of nitrogens with zero attached hydrogens (tertiary/aromatic N) is 2. The quantitative estimate of drug-likeness (QED) is 0.304. The molecule has 1 fully saturated rings. The first kappa shape index (κ1) is 30.0. The van der Waals surface area contributed by atoms with E-state index in [-0.39, 0.29) is 12.3 Å². The van der Waals surface area contributed by atoms with E-state index in [4.69, 9.17) is 13.9 Å². The van der Waals surface area contributed by atoms with Gasteiger partial charge in [0, 0.05) is 18.7 Å². The van der Waals surface area contributed by atoms with Crippen LogP contribution in [-0.2, 0) is 25.1 Å². The van der Waals surface area contributed by atoms with E-state index in [9.17, 15) is 22.8 Å². The summed E-state index contributed by atoms with van der Waals surface area (Å²) in [4.78, 5) is 45.5. The van der Waals surface area contributed by atoms with Crippen molar-refractivity contribution in [1.29, 1.82) is 0 Å². The number of benzene rings is 2. The number of rotatable bonds is 12. The Kier molecular flexibility index (Phi) is 9.95. The summed E-state index contributed by atoms with van der Waals surface area (Å²) in [5.41, 5.74) is 1.34. The molecule has 3 amide bonds. The van der Waals surface area contributed by atoms with E-state index in [1.807, 2.05) is 6.92 Å². The van der Waals surface area contributed by atoms with Gasteiger partial charge in [0.15, 0.2) is 15.4 Å². The van der Waals surface area contributed by atoms with Gasteiger partial charge in [0.1, 0.15) is 17.3 Å². The molecule has 1 aliphatic heterocycles.